The Labute approximate surface area is 202 Å². The molecule has 3 rings (SSSR count). The highest BCUT2D eigenvalue weighted by atomic mass is 35.5. The van der Waals surface area contributed by atoms with Gasteiger partial charge in [0.25, 0.3) is 0 Å². The number of benzene rings is 1. The molecule has 0 fully saturated rings. The van der Waals surface area contributed by atoms with Crippen LogP contribution in [-0.4, -0.2) is 36.6 Å². The smallest absolute Gasteiger partial charge is 0.408 e. The zero-order valence-corrected chi connectivity index (χ0v) is 20.2. The lowest BCUT2D eigenvalue weighted by molar-refractivity contribution is 0.0954. The van der Waals surface area contributed by atoms with E-state index in [2.05, 4.69) is 20.3 Å². The molecule has 0 aliphatic carbocycles. The summed E-state index contributed by atoms with van der Waals surface area (Å²) >= 11 is 12.1. The summed E-state index contributed by atoms with van der Waals surface area (Å²) in [4.78, 5) is 25.5. The zero-order valence-electron chi connectivity index (χ0n) is 18.6. The Morgan fingerprint density at radius 1 is 1.12 bits per heavy atom. The molecule has 0 saturated carbocycles. The maximum atomic E-state index is 11.9. The third-order valence-electron chi connectivity index (χ3n) is 5.05. The first kappa shape index (κ1) is 24.5. The molecule has 1 aromatic carbocycles. The summed E-state index contributed by atoms with van der Waals surface area (Å²) in [5.74, 6) is 0.386. The second-order valence-corrected chi connectivity index (χ2v) is 9.36. The number of carboxylic acid groups (broad SMARTS) is 1. The monoisotopic (exact) mass is 488 g/mol. The Morgan fingerprint density at radius 3 is 2.55 bits per heavy atom. The maximum Gasteiger partial charge on any atom is 0.408 e. The number of pyridine rings is 1. The maximum absolute atomic E-state index is 11.9. The predicted molar refractivity (Wildman–Crippen MR) is 131 cm³/mol. The standard InChI is InChI=1S/C23H26Cl2N6O2/c1-23(2,3)31(22(32)33)13-16-6-7-18(29-20-19(24)12-28-21(25)30-20)9-15(16)5-4-14-8-17(26)11-27-10-14/h6-12H,4-5,13,26H2,1-3H3,(H,32,33)(H,28,29,30). The number of nitrogens with zero attached hydrogens (tertiary/aromatic N) is 4. The van der Waals surface area contributed by atoms with E-state index in [1.54, 1.807) is 12.4 Å². The van der Waals surface area contributed by atoms with Crippen molar-refractivity contribution < 1.29 is 9.90 Å². The van der Waals surface area contributed by atoms with Crippen molar-refractivity contribution in [2.45, 2.75) is 45.7 Å². The van der Waals surface area contributed by atoms with Crippen LogP contribution in [0.3, 0.4) is 0 Å². The van der Waals surface area contributed by atoms with Gasteiger partial charge in [-0.2, -0.15) is 4.98 Å². The van der Waals surface area contributed by atoms with E-state index in [0.29, 0.717) is 29.4 Å². The first-order valence-corrected chi connectivity index (χ1v) is 11.1. The van der Waals surface area contributed by atoms with E-state index in [0.717, 1.165) is 22.4 Å². The molecule has 0 spiro atoms. The number of nitrogens with two attached hydrogens (primary N) is 1. The lowest BCUT2D eigenvalue weighted by atomic mass is 9.97. The molecule has 0 aliphatic rings. The first-order valence-electron chi connectivity index (χ1n) is 10.3. The van der Waals surface area contributed by atoms with Gasteiger partial charge in [0, 0.05) is 30.2 Å². The van der Waals surface area contributed by atoms with Gasteiger partial charge in [-0.3, -0.25) is 9.88 Å². The second kappa shape index (κ2) is 10.2. The van der Waals surface area contributed by atoms with E-state index in [1.807, 2.05) is 45.0 Å². The van der Waals surface area contributed by atoms with Crippen LogP contribution in [0.1, 0.15) is 37.5 Å². The number of aryl methyl sites for hydroxylation is 2. The van der Waals surface area contributed by atoms with E-state index in [9.17, 15) is 9.90 Å². The minimum Gasteiger partial charge on any atom is -0.465 e. The molecule has 2 heterocycles. The highest BCUT2D eigenvalue weighted by molar-refractivity contribution is 6.33. The van der Waals surface area contributed by atoms with Crippen LogP contribution in [0.15, 0.2) is 42.9 Å². The Balaban J connectivity index is 1.93. The molecule has 8 nitrogen and oxygen atoms in total. The molecule has 1 amide bonds. The molecule has 0 saturated heterocycles. The normalized spacial score (nSPS) is 11.3. The Morgan fingerprint density at radius 2 is 1.88 bits per heavy atom. The fourth-order valence-corrected chi connectivity index (χ4v) is 3.62. The highest BCUT2D eigenvalue weighted by Gasteiger charge is 2.27. The van der Waals surface area contributed by atoms with Gasteiger partial charge in [0.1, 0.15) is 5.02 Å². The van der Waals surface area contributed by atoms with Crippen molar-refractivity contribution in [3.8, 4) is 0 Å². The Kier molecular flexibility index (Phi) is 7.61. The van der Waals surface area contributed by atoms with E-state index in [4.69, 9.17) is 28.9 Å². The topological polar surface area (TPSA) is 117 Å². The minimum atomic E-state index is -0.974. The Bertz CT molecular complexity index is 1150. The van der Waals surface area contributed by atoms with Gasteiger partial charge in [-0.1, -0.05) is 17.7 Å². The molecule has 4 N–H and O–H groups in total. The van der Waals surface area contributed by atoms with Gasteiger partial charge in [0.2, 0.25) is 5.28 Å². The van der Waals surface area contributed by atoms with E-state index in [-0.39, 0.29) is 11.8 Å². The van der Waals surface area contributed by atoms with Crippen LogP contribution in [-0.2, 0) is 19.4 Å². The summed E-state index contributed by atoms with van der Waals surface area (Å²) in [5, 5.41) is 13.3. The number of anilines is 3. The van der Waals surface area contributed by atoms with Crippen LogP contribution < -0.4 is 11.1 Å². The summed E-state index contributed by atoms with van der Waals surface area (Å²) in [6, 6.07) is 7.61. The average Bonchev–Trinajstić information content (AvgIpc) is 2.73. The van der Waals surface area contributed by atoms with Gasteiger partial charge in [0.05, 0.1) is 11.9 Å². The number of carbonyl (C=O) groups is 1. The van der Waals surface area contributed by atoms with Crippen molar-refractivity contribution in [1.82, 2.24) is 19.9 Å². The molecule has 174 valence electrons. The van der Waals surface area contributed by atoms with Gasteiger partial charge in [-0.05, 0) is 80.1 Å². The van der Waals surface area contributed by atoms with E-state index >= 15 is 0 Å². The van der Waals surface area contributed by atoms with Crippen LogP contribution in [0.2, 0.25) is 10.3 Å². The zero-order chi connectivity index (χ0) is 24.2. The summed E-state index contributed by atoms with van der Waals surface area (Å²) in [6.07, 6.45) is 5.18. The summed E-state index contributed by atoms with van der Waals surface area (Å²) in [7, 11) is 0. The van der Waals surface area contributed by atoms with Gasteiger partial charge < -0.3 is 16.2 Å². The quantitative estimate of drug-likeness (QED) is 0.372. The van der Waals surface area contributed by atoms with Gasteiger partial charge >= 0.3 is 6.09 Å². The molecule has 0 aliphatic heterocycles. The number of nitrogen functional groups attached to an aromatic ring is 1. The number of amides is 1. The SMILES string of the molecule is CC(C)(C)N(Cc1ccc(Nc2nc(Cl)ncc2Cl)cc1CCc1cncc(N)c1)C(=O)O. The number of hydrogen-bond donors (Lipinski definition) is 3. The Hall–Kier alpha value is -3.10. The van der Waals surface area contributed by atoms with Crippen molar-refractivity contribution in [2.75, 3.05) is 11.1 Å². The van der Waals surface area contributed by atoms with Crippen LogP contribution in [0.4, 0.5) is 22.0 Å². The first-order chi connectivity index (χ1) is 15.5. The van der Waals surface area contributed by atoms with Crippen LogP contribution in [0, 0.1) is 0 Å². The molecule has 0 bridgehead atoms. The summed E-state index contributed by atoms with van der Waals surface area (Å²) in [6.45, 7) is 5.87. The molecule has 2 aromatic heterocycles. The van der Waals surface area contributed by atoms with Crippen LogP contribution in [0.5, 0.6) is 0 Å². The van der Waals surface area contributed by atoms with Gasteiger partial charge in [-0.15, -0.1) is 0 Å². The van der Waals surface area contributed by atoms with E-state index < -0.39 is 11.6 Å². The number of aromatic nitrogens is 3. The minimum absolute atomic E-state index is 0.0789. The fraction of sp³-hybridized carbons (Fsp3) is 0.304. The largest absolute Gasteiger partial charge is 0.465 e. The number of nitrogens with one attached hydrogen (secondary N) is 1. The van der Waals surface area contributed by atoms with Gasteiger partial charge in [-0.25, -0.2) is 9.78 Å². The molecule has 3 aromatic rings. The lowest BCUT2D eigenvalue weighted by Crippen LogP contribution is -2.44. The molecular formula is C23H26Cl2N6O2. The lowest BCUT2D eigenvalue weighted by Gasteiger charge is -2.33. The van der Waals surface area contributed by atoms with Crippen LogP contribution in [0.25, 0.3) is 0 Å². The van der Waals surface area contributed by atoms with E-state index in [1.165, 1.54) is 11.1 Å². The molecule has 0 atom stereocenters. The van der Waals surface area contributed by atoms with Crippen molar-refractivity contribution in [1.29, 1.82) is 0 Å². The number of rotatable bonds is 7. The highest BCUT2D eigenvalue weighted by Crippen LogP contribution is 2.27. The number of hydrogen-bond acceptors (Lipinski definition) is 6. The fourth-order valence-electron chi connectivity index (χ4n) is 3.35. The summed E-state index contributed by atoms with van der Waals surface area (Å²) < 4.78 is 0. The third kappa shape index (κ3) is 6.69. The van der Waals surface area contributed by atoms with Gasteiger partial charge in [0.15, 0.2) is 5.82 Å². The predicted octanol–water partition coefficient (Wildman–Crippen LogP) is 5.57. The second-order valence-electron chi connectivity index (χ2n) is 8.61. The van der Waals surface area contributed by atoms with Crippen molar-refractivity contribution >= 4 is 46.5 Å². The molecule has 0 radical (unpaired) electrons. The van der Waals surface area contributed by atoms with Crippen molar-refractivity contribution in [3.05, 3.63) is 69.9 Å². The van der Waals surface area contributed by atoms with Crippen molar-refractivity contribution in [3.63, 3.8) is 0 Å². The molecule has 0 unspecified atom stereocenters. The molecular weight excluding hydrogens is 463 g/mol. The number of halogens is 2. The average molecular weight is 489 g/mol. The summed E-state index contributed by atoms with van der Waals surface area (Å²) in [5.41, 5.74) is 9.53. The molecule has 10 heteroatoms. The molecule has 33 heavy (non-hydrogen) atoms. The van der Waals surface area contributed by atoms with Crippen LogP contribution >= 0.6 is 23.2 Å². The third-order valence-corrected chi connectivity index (χ3v) is 5.51. The van der Waals surface area contributed by atoms with Crippen molar-refractivity contribution in [2.24, 2.45) is 0 Å².